The molecule has 0 unspecified atom stereocenters. The highest BCUT2D eigenvalue weighted by Gasteiger charge is 2.25. The van der Waals surface area contributed by atoms with Gasteiger partial charge in [0.1, 0.15) is 11.9 Å². The zero-order valence-electron chi connectivity index (χ0n) is 18.2. The van der Waals surface area contributed by atoms with Gasteiger partial charge in [-0.25, -0.2) is 0 Å². The Balaban J connectivity index is 1.28. The van der Waals surface area contributed by atoms with Gasteiger partial charge in [0.15, 0.2) is 0 Å². The molecule has 1 atom stereocenters. The van der Waals surface area contributed by atoms with Gasteiger partial charge in [-0.1, -0.05) is 12.1 Å². The minimum Gasteiger partial charge on any atom is -0.490 e. The van der Waals surface area contributed by atoms with E-state index in [4.69, 9.17) is 4.74 Å². The molecule has 2 aromatic rings. The lowest BCUT2D eigenvalue weighted by Gasteiger charge is -2.36. The van der Waals surface area contributed by atoms with Crippen LogP contribution in [-0.2, 0) is 6.42 Å². The van der Waals surface area contributed by atoms with Crippen molar-refractivity contribution >= 4 is 5.91 Å². The molecule has 0 spiro atoms. The van der Waals surface area contributed by atoms with Crippen LogP contribution in [0.3, 0.4) is 0 Å². The van der Waals surface area contributed by atoms with Gasteiger partial charge in [0.25, 0.3) is 5.91 Å². The van der Waals surface area contributed by atoms with Gasteiger partial charge in [0, 0.05) is 56.1 Å². The smallest absolute Gasteiger partial charge is 0.253 e. The average Bonchev–Trinajstić information content (AvgIpc) is 3.30. The molecule has 0 N–H and O–H groups in total. The third kappa shape index (κ3) is 5.20. The van der Waals surface area contributed by atoms with Crippen molar-refractivity contribution < 1.29 is 9.53 Å². The van der Waals surface area contributed by atoms with Gasteiger partial charge in [-0.2, -0.15) is 0 Å². The molecule has 0 saturated carbocycles. The first-order valence-electron chi connectivity index (χ1n) is 11.3. The lowest BCUT2D eigenvalue weighted by molar-refractivity contribution is 0.0771. The van der Waals surface area contributed by atoms with Crippen molar-refractivity contribution in [2.45, 2.75) is 58.1 Å². The van der Waals surface area contributed by atoms with Crippen LogP contribution in [0.25, 0.3) is 0 Å². The maximum Gasteiger partial charge on any atom is 0.253 e. The Labute approximate surface area is 180 Å². The predicted molar refractivity (Wildman–Crippen MR) is 119 cm³/mol. The predicted octanol–water partition coefficient (Wildman–Crippen LogP) is 4.10. The van der Waals surface area contributed by atoms with Crippen molar-refractivity contribution in [3.8, 4) is 5.75 Å². The second-order valence-electron chi connectivity index (χ2n) is 8.76. The fraction of sp³-hybridized carbons (Fsp3) is 0.520. The summed E-state index contributed by atoms with van der Waals surface area (Å²) < 4.78 is 6.26. The SMILES string of the molecule is Cc1ccc(C[C@H](C)N2CCC(Oc3cccc(C(=O)N4CCCC4)c3)CC2)nc1. The molecule has 160 valence electrons. The number of hydrogen-bond acceptors (Lipinski definition) is 4. The number of likely N-dealkylation sites (tertiary alicyclic amines) is 2. The van der Waals surface area contributed by atoms with E-state index in [1.165, 1.54) is 5.56 Å². The maximum atomic E-state index is 12.6. The molecule has 2 aliphatic rings. The number of ether oxygens (including phenoxy) is 1. The Hall–Kier alpha value is -2.40. The Morgan fingerprint density at radius 3 is 2.60 bits per heavy atom. The second kappa shape index (κ2) is 9.61. The van der Waals surface area contributed by atoms with Crippen molar-refractivity contribution in [1.29, 1.82) is 0 Å². The largest absolute Gasteiger partial charge is 0.490 e. The molecular formula is C25H33N3O2. The van der Waals surface area contributed by atoms with Crippen LogP contribution < -0.4 is 4.74 Å². The first-order chi connectivity index (χ1) is 14.6. The third-order valence-corrected chi connectivity index (χ3v) is 6.35. The Morgan fingerprint density at radius 2 is 1.90 bits per heavy atom. The Kier molecular flexibility index (Phi) is 6.68. The summed E-state index contributed by atoms with van der Waals surface area (Å²) in [6.07, 6.45) is 7.38. The van der Waals surface area contributed by atoms with Crippen molar-refractivity contribution in [3.63, 3.8) is 0 Å². The molecule has 5 heteroatoms. The van der Waals surface area contributed by atoms with Crippen molar-refractivity contribution in [1.82, 2.24) is 14.8 Å². The van der Waals surface area contributed by atoms with Gasteiger partial charge in [-0.3, -0.25) is 14.7 Å². The number of carbonyl (C=O) groups excluding carboxylic acids is 1. The van der Waals surface area contributed by atoms with Crippen LogP contribution >= 0.6 is 0 Å². The Morgan fingerprint density at radius 1 is 1.13 bits per heavy atom. The molecule has 30 heavy (non-hydrogen) atoms. The molecule has 0 radical (unpaired) electrons. The van der Waals surface area contributed by atoms with Gasteiger partial charge < -0.3 is 9.64 Å². The van der Waals surface area contributed by atoms with Gasteiger partial charge in [-0.05, 0) is 69.4 Å². The van der Waals surface area contributed by atoms with E-state index < -0.39 is 0 Å². The molecular weight excluding hydrogens is 374 g/mol. The average molecular weight is 408 g/mol. The molecule has 1 amide bonds. The zero-order valence-corrected chi connectivity index (χ0v) is 18.2. The number of amides is 1. The van der Waals surface area contributed by atoms with E-state index >= 15 is 0 Å². The number of carbonyl (C=O) groups is 1. The first kappa shape index (κ1) is 20.9. The number of benzene rings is 1. The third-order valence-electron chi connectivity index (χ3n) is 6.35. The zero-order chi connectivity index (χ0) is 20.9. The summed E-state index contributed by atoms with van der Waals surface area (Å²) in [6, 6.07) is 12.5. The van der Waals surface area contributed by atoms with Gasteiger partial charge in [0.05, 0.1) is 0 Å². The number of pyridine rings is 1. The van der Waals surface area contributed by atoms with Crippen LogP contribution in [0, 0.1) is 6.92 Å². The molecule has 4 rings (SSSR count). The van der Waals surface area contributed by atoms with E-state index in [-0.39, 0.29) is 12.0 Å². The van der Waals surface area contributed by atoms with Gasteiger partial charge in [0.2, 0.25) is 0 Å². The number of aromatic nitrogens is 1. The van der Waals surface area contributed by atoms with E-state index in [2.05, 4.69) is 35.9 Å². The number of nitrogens with zero attached hydrogens (tertiary/aromatic N) is 3. The number of hydrogen-bond donors (Lipinski definition) is 0. The van der Waals surface area contributed by atoms with Crippen LogP contribution in [0.1, 0.15) is 54.2 Å². The fourth-order valence-electron chi connectivity index (χ4n) is 4.48. The summed E-state index contributed by atoms with van der Waals surface area (Å²) in [5, 5.41) is 0. The number of rotatable bonds is 6. The van der Waals surface area contributed by atoms with E-state index in [0.717, 1.165) is 75.3 Å². The highest BCUT2D eigenvalue weighted by Crippen LogP contribution is 2.23. The topological polar surface area (TPSA) is 45.7 Å². The summed E-state index contributed by atoms with van der Waals surface area (Å²) in [6.45, 7) is 8.17. The summed E-state index contributed by atoms with van der Waals surface area (Å²) >= 11 is 0. The fourth-order valence-corrected chi connectivity index (χ4v) is 4.48. The molecule has 1 aromatic carbocycles. The minimum absolute atomic E-state index is 0.131. The molecule has 0 aliphatic carbocycles. The van der Waals surface area contributed by atoms with E-state index in [9.17, 15) is 4.79 Å². The quantitative estimate of drug-likeness (QED) is 0.723. The monoisotopic (exact) mass is 407 g/mol. The second-order valence-corrected chi connectivity index (χ2v) is 8.76. The molecule has 5 nitrogen and oxygen atoms in total. The molecule has 2 fully saturated rings. The molecule has 2 saturated heterocycles. The maximum absolute atomic E-state index is 12.6. The van der Waals surface area contributed by atoms with Crippen molar-refractivity contribution in [2.75, 3.05) is 26.2 Å². The highest BCUT2D eigenvalue weighted by atomic mass is 16.5. The van der Waals surface area contributed by atoms with Crippen LogP contribution in [0.4, 0.5) is 0 Å². The minimum atomic E-state index is 0.131. The molecule has 0 bridgehead atoms. The molecule has 2 aliphatic heterocycles. The number of aryl methyl sites for hydroxylation is 1. The summed E-state index contributed by atoms with van der Waals surface area (Å²) in [4.78, 5) is 21.7. The first-order valence-corrected chi connectivity index (χ1v) is 11.3. The van der Waals surface area contributed by atoms with Crippen molar-refractivity contribution in [2.24, 2.45) is 0 Å². The highest BCUT2D eigenvalue weighted by molar-refractivity contribution is 5.94. The van der Waals surface area contributed by atoms with Crippen LogP contribution in [0.15, 0.2) is 42.6 Å². The Bertz CT molecular complexity index is 838. The lowest BCUT2D eigenvalue weighted by atomic mass is 10.0. The van der Waals surface area contributed by atoms with E-state index in [0.29, 0.717) is 6.04 Å². The normalized spacial score (nSPS) is 19.1. The molecule has 1 aromatic heterocycles. The van der Waals surface area contributed by atoms with Gasteiger partial charge in [-0.15, -0.1) is 0 Å². The van der Waals surface area contributed by atoms with Crippen LogP contribution in [-0.4, -0.2) is 59.0 Å². The molecule has 3 heterocycles. The lowest BCUT2D eigenvalue weighted by Crippen LogP contribution is -2.43. The summed E-state index contributed by atoms with van der Waals surface area (Å²) in [5.74, 6) is 0.946. The standard InChI is InChI=1S/C25H33N3O2/c1-19-8-9-22(26-18-19)16-20(2)27-14-10-23(11-15-27)30-24-7-5-6-21(17-24)25(29)28-12-3-4-13-28/h5-9,17-18,20,23H,3-4,10-16H2,1-2H3/t20-/m0/s1. The summed E-state index contributed by atoms with van der Waals surface area (Å²) in [5.41, 5.74) is 3.10. The van der Waals surface area contributed by atoms with Crippen molar-refractivity contribution in [3.05, 3.63) is 59.4 Å². The van der Waals surface area contributed by atoms with E-state index in [1.54, 1.807) is 0 Å². The van der Waals surface area contributed by atoms with Crippen LogP contribution in [0.5, 0.6) is 5.75 Å². The summed E-state index contributed by atoms with van der Waals surface area (Å²) in [7, 11) is 0. The van der Waals surface area contributed by atoms with Gasteiger partial charge >= 0.3 is 0 Å². The van der Waals surface area contributed by atoms with Crippen LogP contribution in [0.2, 0.25) is 0 Å². The number of piperidine rings is 1. The van der Waals surface area contributed by atoms with E-state index in [1.807, 2.05) is 35.4 Å².